The van der Waals surface area contributed by atoms with Crippen molar-refractivity contribution in [3.8, 4) is 0 Å². The number of halogens is 1. The Morgan fingerprint density at radius 1 is 1.52 bits per heavy atom. The Labute approximate surface area is 129 Å². The topological polar surface area (TPSA) is 73.3 Å². The zero-order valence-corrected chi connectivity index (χ0v) is 12.9. The summed E-state index contributed by atoms with van der Waals surface area (Å²) in [6.07, 6.45) is 3.87. The molecule has 1 aliphatic carbocycles. The average Bonchev–Trinajstić information content (AvgIpc) is 3.21. The molecule has 0 spiro atoms. The first-order valence-corrected chi connectivity index (χ1v) is 7.36. The molecule has 21 heavy (non-hydrogen) atoms. The van der Waals surface area contributed by atoms with E-state index in [0.29, 0.717) is 21.8 Å². The van der Waals surface area contributed by atoms with Crippen LogP contribution >= 0.6 is 15.9 Å². The van der Waals surface area contributed by atoms with Crippen LogP contribution in [0.1, 0.15) is 30.0 Å². The summed E-state index contributed by atoms with van der Waals surface area (Å²) in [6.45, 7) is 0. The second kappa shape index (κ2) is 5.40. The van der Waals surface area contributed by atoms with Crippen molar-refractivity contribution in [2.75, 3.05) is 0 Å². The SMILES string of the molecule is Cn1nc(/N=C/c2c(Br)cccc2[N+](=O)[O-])cc1C1CC1. The van der Waals surface area contributed by atoms with Crippen molar-refractivity contribution in [3.63, 3.8) is 0 Å². The summed E-state index contributed by atoms with van der Waals surface area (Å²) in [6, 6.07) is 6.78. The smallest absolute Gasteiger partial charge is 0.270 e. The Balaban J connectivity index is 1.92. The average molecular weight is 349 g/mol. The van der Waals surface area contributed by atoms with Gasteiger partial charge in [0, 0.05) is 41.5 Å². The maximum atomic E-state index is 11.0. The van der Waals surface area contributed by atoms with Gasteiger partial charge < -0.3 is 0 Å². The first-order valence-electron chi connectivity index (χ1n) is 6.57. The third-order valence-electron chi connectivity index (χ3n) is 3.45. The van der Waals surface area contributed by atoms with E-state index in [-0.39, 0.29) is 5.69 Å². The fourth-order valence-corrected chi connectivity index (χ4v) is 2.69. The van der Waals surface area contributed by atoms with Gasteiger partial charge in [-0.1, -0.05) is 6.07 Å². The molecule has 0 amide bonds. The van der Waals surface area contributed by atoms with Crippen molar-refractivity contribution >= 4 is 33.6 Å². The van der Waals surface area contributed by atoms with Gasteiger partial charge in [-0.05, 0) is 34.8 Å². The number of rotatable bonds is 4. The number of aromatic nitrogens is 2. The normalized spacial score (nSPS) is 14.8. The van der Waals surface area contributed by atoms with Crippen LogP contribution in [0.25, 0.3) is 0 Å². The quantitative estimate of drug-likeness (QED) is 0.480. The molecule has 1 aliphatic rings. The van der Waals surface area contributed by atoms with Gasteiger partial charge in [-0.25, -0.2) is 4.99 Å². The van der Waals surface area contributed by atoms with Crippen molar-refractivity contribution in [3.05, 3.63) is 50.1 Å². The lowest BCUT2D eigenvalue weighted by molar-refractivity contribution is -0.385. The summed E-state index contributed by atoms with van der Waals surface area (Å²) in [5.41, 5.74) is 1.64. The Morgan fingerprint density at radius 3 is 2.95 bits per heavy atom. The third kappa shape index (κ3) is 2.87. The zero-order chi connectivity index (χ0) is 15.0. The highest BCUT2D eigenvalue weighted by atomic mass is 79.9. The monoisotopic (exact) mass is 348 g/mol. The van der Waals surface area contributed by atoms with Gasteiger partial charge >= 0.3 is 0 Å². The molecular formula is C14H13BrN4O2. The minimum Gasteiger partial charge on any atom is -0.270 e. The van der Waals surface area contributed by atoms with E-state index >= 15 is 0 Å². The summed E-state index contributed by atoms with van der Waals surface area (Å²) in [4.78, 5) is 14.9. The van der Waals surface area contributed by atoms with E-state index in [4.69, 9.17) is 0 Å². The number of aryl methyl sites for hydroxylation is 1. The summed E-state index contributed by atoms with van der Waals surface area (Å²) >= 11 is 3.32. The van der Waals surface area contributed by atoms with Gasteiger partial charge in [-0.15, -0.1) is 0 Å². The molecule has 1 saturated carbocycles. The Morgan fingerprint density at radius 2 is 2.29 bits per heavy atom. The fraction of sp³-hybridized carbons (Fsp3) is 0.286. The minimum atomic E-state index is -0.417. The molecular weight excluding hydrogens is 336 g/mol. The maximum absolute atomic E-state index is 11.0. The lowest BCUT2D eigenvalue weighted by atomic mass is 10.2. The summed E-state index contributed by atoms with van der Waals surface area (Å²) < 4.78 is 2.47. The Hall–Kier alpha value is -2.02. The van der Waals surface area contributed by atoms with Crippen LogP contribution in [-0.4, -0.2) is 20.9 Å². The van der Waals surface area contributed by atoms with Crippen LogP contribution in [0.2, 0.25) is 0 Å². The molecule has 108 valence electrons. The highest BCUT2D eigenvalue weighted by Gasteiger charge is 2.27. The van der Waals surface area contributed by atoms with Crippen molar-refractivity contribution in [1.82, 2.24) is 9.78 Å². The van der Waals surface area contributed by atoms with E-state index in [1.54, 1.807) is 12.1 Å². The van der Waals surface area contributed by atoms with Crippen LogP contribution in [0.5, 0.6) is 0 Å². The van der Waals surface area contributed by atoms with Crippen LogP contribution in [-0.2, 0) is 7.05 Å². The second-order valence-electron chi connectivity index (χ2n) is 5.01. The van der Waals surface area contributed by atoms with Crippen LogP contribution in [0.15, 0.2) is 33.7 Å². The maximum Gasteiger partial charge on any atom is 0.279 e. The molecule has 0 saturated heterocycles. The van der Waals surface area contributed by atoms with Gasteiger partial charge in [0.05, 0.1) is 10.5 Å². The van der Waals surface area contributed by atoms with Gasteiger partial charge in [0.1, 0.15) is 0 Å². The number of hydrogen-bond acceptors (Lipinski definition) is 4. The molecule has 2 aromatic rings. The number of hydrogen-bond donors (Lipinski definition) is 0. The van der Waals surface area contributed by atoms with Crippen LogP contribution in [0.3, 0.4) is 0 Å². The molecule has 0 radical (unpaired) electrons. The number of aliphatic imine (C=N–C) groups is 1. The lowest BCUT2D eigenvalue weighted by Gasteiger charge is -1.99. The standard InChI is InChI=1S/C14H13BrN4O2/c1-18-13(9-5-6-9)7-14(17-18)16-8-10-11(15)3-2-4-12(10)19(20)21/h2-4,7-9H,5-6H2,1H3/b16-8+. The number of nitro groups is 1. The molecule has 1 heterocycles. The summed E-state index contributed by atoms with van der Waals surface area (Å²) in [7, 11) is 1.90. The molecule has 1 fully saturated rings. The van der Waals surface area contributed by atoms with Crippen molar-refractivity contribution < 1.29 is 4.92 Å². The van der Waals surface area contributed by atoms with Gasteiger partial charge in [0.25, 0.3) is 5.69 Å². The number of benzene rings is 1. The largest absolute Gasteiger partial charge is 0.279 e. The molecule has 3 rings (SSSR count). The van der Waals surface area contributed by atoms with Crippen molar-refractivity contribution in [2.24, 2.45) is 12.0 Å². The summed E-state index contributed by atoms with van der Waals surface area (Å²) in [5, 5.41) is 15.4. The summed E-state index contributed by atoms with van der Waals surface area (Å²) in [5.74, 6) is 1.16. The third-order valence-corrected chi connectivity index (χ3v) is 4.14. The minimum absolute atomic E-state index is 0.0199. The molecule has 1 aromatic heterocycles. The van der Waals surface area contributed by atoms with E-state index in [0.717, 1.165) is 0 Å². The van der Waals surface area contributed by atoms with Crippen LogP contribution in [0.4, 0.5) is 11.5 Å². The first-order chi connectivity index (χ1) is 10.1. The highest BCUT2D eigenvalue weighted by molar-refractivity contribution is 9.10. The molecule has 0 bridgehead atoms. The predicted molar refractivity (Wildman–Crippen MR) is 83.2 cm³/mol. The van der Waals surface area contributed by atoms with Crippen LogP contribution in [0, 0.1) is 10.1 Å². The molecule has 0 atom stereocenters. The fourth-order valence-electron chi connectivity index (χ4n) is 2.23. The van der Waals surface area contributed by atoms with E-state index in [9.17, 15) is 10.1 Å². The van der Waals surface area contributed by atoms with E-state index < -0.39 is 4.92 Å². The Bertz CT molecular complexity index is 735. The molecule has 0 unspecified atom stereocenters. The van der Waals surface area contributed by atoms with Crippen molar-refractivity contribution in [2.45, 2.75) is 18.8 Å². The van der Waals surface area contributed by atoms with E-state index in [2.05, 4.69) is 26.0 Å². The molecule has 0 N–H and O–H groups in total. The second-order valence-corrected chi connectivity index (χ2v) is 5.87. The van der Waals surface area contributed by atoms with Gasteiger partial charge in [0.15, 0.2) is 5.82 Å². The van der Waals surface area contributed by atoms with E-state index in [1.807, 2.05) is 17.8 Å². The van der Waals surface area contributed by atoms with Crippen LogP contribution < -0.4 is 0 Å². The Kier molecular flexibility index (Phi) is 3.59. The number of nitrogens with zero attached hydrogens (tertiary/aromatic N) is 4. The van der Waals surface area contributed by atoms with Gasteiger partial charge in [-0.2, -0.15) is 5.10 Å². The zero-order valence-electron chi connectivity index (χ0n) is 11.4. The molecule has 1 aromatic carbocycles. The molecule has 6 nitrogen and oxygen atoms in total. The highest BCUT2D eigenvalue weighted by Crippen LogP contribution is 2.40. The van der Waals surface area contributed by atoms with E-state index in [1.165, 1.54) is 30.8 Å². The predicted octanol–water partition coefficient (Wildman–Crippen LogP) is 3.72. The molecule has 7 heteroatoms. The van der Waals surface area contributed by atoms with Crippen molar-refractivity contribution in [1.29, 1.82) is 0 Å². The van der Waals surface area contributed by atoms with Gasteiger partial charge in [0.2, 0.25) is 0 Å². The number of nitro benzene ring substituents is 1. The molecule has 0 aliphatic heterocycles. The lowest BCUT2D eigenvalue weighted by Crippen LogP contribution is -1.96. The first kappa shape index (κ1) is 13.9. The van der Waals surface area contributed by atoms with Gasteiger partial charge in [-0.3, -0.25) is 14.8 Å².